The van der Waals surface area contributed by atoms with Crippen LogP contribution in [0.25, 0.3) is 33.3 Å². The first-order chi connectivity index (χ1) is 12.2. The molecule has 0 atom stereocenters. The average Bonchev–Trinajstić information content (AvgIpc) is 3.02. The van der Waals surface area contributed by atoms with Gasteiger partial charge < -0.3 is 0 Å². The second-order valence-electron chi connectivity index (χ2n) is 5.87. The fourth-order valence-electron chi connectivity index (χ4n) is 3.32. The molecule has 25 heavy (non-hydrogen) atoms. The molecule has 5 rings (SSSR count). The fraction of sp³-hybridized carbons (Fsp3) is 0. The minimum atomic E-state index is -0.148. The minimum absolute atomic E-state index is 0.148. The Morgan fingerprint density at radius 2 is 1.60 bits per heavy atom. The molecule has 0 spiro atoms. The van der Waals surface area contributed by atoms with Crippen molar-refractivity contribution in [3.63, 3.8) is 0 Å². The standard InChI is InChI=1S/C20H12ClN3O/c21-13-10-11-18-16(12-13)22-19-15-8-4-5-9-17(15)23(20(25)24(18)19)14-6-2-1-3-7-14/h1-12H. The molecular weight excluding hydrogens is 334 g/mol. The zero-order chi connectivity index (χ0) is 17.0. The predicted octanol–water partition coefficient (Wildman–Crippen LogP) is 4.45. The molecule has 0 aliphatic heterocycles. The van der Waals surface area contributed by atoms with Gasteiger partial charge in [-0.25, -0.2) is 14.2 Å². The van der Waals surface area contributed by atoms with Crippen molar-refractivity contribution in [1.29, 1.82) is 0 Å². The summed E-state index contributed by atoms with van der Waals surface area (Å²) in [5.41, 5.74) is 3.60. The van der Waals surface area contributed by atoms with E-state index < -0.39 is 0 Å². The summed E-state index contributed by atoms with van der Waals surface area (Å²) < 4.78 is 3.37. The number of hydrogen-bond acceptors (Lipinski definition) is 2. The SMILES string of the molecule is O=c1n(-c2ccccc2)c2ccccc2c2nc3cc(Cl)ccc3n12. The highest BCUT2D eigenvalue weighted by molar-refractivity contribution is 6.31. The summed E-state index contributed by atoms with van der Waals surface area (Å²) in [7, 11) is 0. The van der Waals surface area contributed by atoms with Crippen LogP contribution in [0.5, 0.6) is 0 Å². The van der Waals surface area contributed by atoms with E-state index in [1.165, 1.54) is 0 Å². The molecule has 0 unspecified atom stereocenters. The van der Waals surface area contributed by atoms with Crippen LogP contribution in [0.15, 0.2) is 77.6 Å². The molecule has 2 aromatic heterocycles. The monoisotopic (exact) mass is 345 g/mol. The van der Waals surface area contributed by atoms with Gasteiger partial charge in [-0.1, -0.05) is 41.9 Å². The van der Waals surface area contributed by atoms with Crippen LogP contribution in [-0.2, 0) is 0 Å². The van der Waals surface area contributed by atoms with Gasteiger partial charge in [-0.2, -0.15) is 0 Å². The lowest BCUT2D eigenvalue weighted by molar-refractivity contribution is 0.932. The van der Waals surface area contributed by atoms with Gasteiger partial charge in [-0.3, -0.25) is 4.57 Å². The highest BCUT2D eigenvalue weighted by Gasteiger charge is 2.16. The Morgan fingerprint density at radius 3 is 2.44 bits per heavy atom. The van der Waals surface area contributed by atoms with Crippen LogP contribution in [0.3, 0.4) is 0 Å². The summed E-state index contributed by atoms with van der Waals surface area (Å²) in [5.74, 6) is 0. The Bertz CT molecular complexity index is 1320. The van der Waals surface area contributed by atoms with E-state index in [0.29, 0.717) is 16.2 Å². The Hall–Kier alpha value is -3.11. The molecule has 0 saturated carbocycles. The van der Waals surface area contributed by atoms with Crippen molar-refractivity contribution >= 4 is 39.2 Å². The molecule has 0 amide bonds. The normalized spacial score (nSPS) is 11.6. The van der Waals surface area contributed by atoms with Crippen LogP contribution in [0.1, 0.15) is 0 Å². The van der Waals surface area contributed by atoms with Crippen LogP contribution in [0.2, 0.25) is 5.02 Å². The van der Waals surface area contributed by atoms with Gasteiger partial charge in [0.05, 0.1) is 22.2 Å². The van der Waals surface area contributed by atoms with Crippen molar-refractivity contribution in [1.82, 2.24) is 14.0 Å². The Kier molecular flexibility index (Phi) is 2.96. The third kappa shape index (κ3) is 2.01. The maximum atomic E-state index is 13.4. The molecule has 0 aliphatic rings. The highest BCUT2D eigenvalue weighted by Crippen LogP contribution is 2.25. The maximum Gasteiger partial charge on any atom is 0.339 e. The Morgan fingerprint density at radius 1 is 0.840 bits per heavy atom. The summed E-state index contributed by atoms with van der Waals surface area (Å²) in [6.07, 6.45) is 0. The van der Waals surface area contributed by atoms with Crippen molar-refractivity contribution in [3.05, 3.63) is 88.3 Å². The molecule has 4 nitrogen and oxygen atoms in total. The minimum Gasteiger partial charge on any atom is -0.262 e. The lowest BCUT2D eigenvalue weighted by atomic mass is 10.2. The van der Waals surface area contributed by atoms with Gasteiger partial charge in [-0.05, 0) is 42.5 Å². The molecule has 0 aliphatic carbocycles. The van der Waals surface area contributed by atoms with Gasteiger partial charge in [0.25, 0.3) is 0 Å². The number of halogens is 1. The Balaban J connectivity index is 2.08. The maximum absolute atomic E-state index is 13.4. The van der Waals surface area contributed by atoms with E-state index >= 15 is 0 Å². The van der Waals surface area contributed by atoms with Gasteiger partial charge in [0.2, 0.25) is 0 Å². The smallest absolute Gasteiger partial charge is 0.262 e. The second-order valence-corrected chi connectivity index (χ2v) is 6.31. The van der Waals surface area contributed by atoms with Gasteiger partial charge in [0.15, 0.2) is 5.65 Å². The summed E-state index contributed by atoms with van der Waals surface area (Å²) in [4.78, 5) is 18.0. The summed E-state index contributed by atoms with van der Waals surface area (Å²) >= 11 is 6.10. The molecule has 3 aromatic carbocycles. The molecule has 0 fully saturated rings. The summed E-state index contributed by atoms with van der Waals surface area (Å²) in [6, 6.07) is 22.8. The van der Waals surface area contributed by atoms with E-state index in [2.05, 4.69) is 4.98 Å². The van der Waals surface area contributed by atoms with Crippen LogP contribution in [-0.4, -0.2) is 14.0 Å². The lowest BCUT2D eigenvalue weighted by Gasteiger charge is -2.11. The topological polar surface area (TPSA) is 39.3 Å². The molecule has 5 aromatic rings. The van der Waals surface area contributed by atoms with E-state index in [9.17, 15) is 4.79 Å². The molecule has 0 N–H and O–H groups in total. The van der Waals surface area contributed by atoms with Gasteiger partial charge in [0, 0.05) is 10.4 Å². The molecule has 0 saturated heterocycles. The lowest BCUT2D eigenvalue weighted by Crippen LogP contribution is -2.25. The van der Waals surface area contributed by atoms with Crippen molar-refractivity contribution < 1.29 is 0 Å². The van der Waals surface area contributed by atoms with E-state index in [1.807, 2.05) is 60.7 Å². The van der Waals surface area contributed by atoms with E-state index in [0.717, 1.165) is 22.1 Å². The van der Waals surface area contributed by atoms with E-state index in [1.54, 1.807) is 21.1 Å². The number of rotatable bonds is 1. The first-order valence-electron chi connectivity index (χ1n) is 7.91. The Labute approximate surface area is 147 Å². The quantitative estimate of drug-likeness (QED) is 0.450. The molecular formula is C20H12ClN3O. The number of hydrogen-bond donors (Lipinski definition) is 0. The van der Waals surface area contributed by atoms with Crippen molar-refractivity contribution in [2.75, 3.05) is 0 Å². The van der Waals surface area contributed by atoms with Gasteiger partial charge in [-0.15, -0.1) is 0 Å². The number of para-hydroxylation sites is 2. The molecule has 0 bridgehead atoms. The zero-order valence-electron chi connectivity index (χ0n) is 13.1. The third-order valence-electron chi connectivity index (χ3n) is 4.40. The number of aromatic nitrogens is 3. The summed E-state index contributed by atoms with van der Waals surface area (Å²) in [6.45, 7) is 0. The van der Waals surface area contributed by atoms with Crippen LogP contribution < -0.4 is 5.69 Å². The molecule has 0 radical (unpaired) electrons. The summed E-state index contributed by atoms with van der Waals surface area (Å²) in [5, 5.41) is 1.52. The molecule has 2 heterocycles. The van der Waals surface area contributed by atoms with Crippen molar-refractivity contribution in [3.8, 4) is 5.69 Å². The predicted molar refractivity (Wildman–Crippen MR) is 101 cm³/mol. The first kappa shape index (κ1) is 14.3. The zero-order valence-corrected chi connectivity index (χ0v) is 13.8. The highest BCUT2D eigenvalue weighted by atomic mass is 35.5. The molecule has 5 heteroatoms. The van der Waals surface area contributed by atoms with Crippen molar-refractivity contribution in [2.45, 2.75) is 0 Å². The van der Waals surface area contributed by atoms with E-state index in [4.69, 9.17) is 11.6 Å². The largest absolute Gasteiger partial charge is 0.339 e. The van der Waals surface area contributed by atoms with Crippen molar-refractivity contribution in [2.24, 2.45) is 0 Å². The van der Waals surface area contributed by atoms with Gasteiger partial charge in [0.1, 0.15) is 0 Å². The van der Waals surface area contributed by atoms with Crippen LogP contribution in [0, 0.1) is 0 Å². The average molecular weight is 346 g/mol. The first-order valence-corrected chi connectivity index (χ1v) is 8.29. The number of fused-ring (bicyclic) bond motifs is 5. The second kappa shape index (κ2) is 5.19. The number of nitrogens with zero attached hydrogens (tertiary/aromatic N) is 3. The molecule has 120 valence electrons. The number of benzene rings is 3. The number of imidazole rings is 1. The van der Waals surface area contributed by atoms with Crippen LogP contribution in [0.4, 0.5) is 0 Å². The van der Waals surface area contributed by atoms with Gasteiger partial charge >= 0.3 is 5.69 Å². The van der Waals surface area contributed by atoms with E-state index in [-0.39, 0.29) is 5.69 Å². The third-order valence-corrected chi connectivity index (χ3v) is 4.63. The van der Waals surface area contributed by atoms with Crippen LogP contribution >= 0.6 is 11.6 Å². The fourth-order valence-corrected chi connectivity index (χ4v) is 3.48.